The number of nitrogens with zero attached hydrogens (tertiary/aromatic N) is 1. The second kappa shape index (κ2) is 6.21. The lowest BCUT2D eigenvalue weighted by Crippen LogP contribution is -2.47. The summed E-state index contributed by atoms with van der Waals surface area (Å²) in [6.45, 7) is 4.22. The predicted molar refractivity (Wildman–Crippen MR) is 86.6 cm³/mol. The van der Waals surface area contributed by atoms with E-state index < -0.39 is 0 Å². The molecule has 0 radical (unpaired) electrons. The molecule has 0 bridgehead atoms. The second-order valence-corrected chi connectivity index (χ2v) is 6.69. The van der Waals surface area contributed by atoms with E-state index in [9.17, 15) is 9.59 Å². The zero-order valence-electron chi connectivity index (χ0n) is 13.3. The van der Waals surface area contributed by atoms with E-state index in [1.165, 1.54) is 24.2 Å². The third-order valence-corrected chi connectivity index (χ3v) is 4.97. The highest BCUT2D eigenvalue weighted by Gasteiger charge is 2.41. The Hall–Kier alpha value is -1.68. The van der Waals surface area contributed by atoms with Crippen LogP contribution in [0.25, 0.3) is 0 Å². The average molecular weight is 300 g/mol. The Morgan fingerprint density at radius 2 is 1.77 bits per heavy atom. The molecule has 3 rings (SSSR count). The van der Waals surface area contributed by atoms with Crippen LogP contribution >= 0.6 is 0 Å². The Bertz CT molecular complexity index is 567. The van der Waals surface area contributed by atoms with Crippen molar-refractivity contribution in [1.82, 2.24) is 5.32 Å². The summed E-state index contributed by atoms with van der Waals surface area (Å²) in [5, 5.41) is 3.45. The van der Waals surface area contributed by atoms with E-state index in [1.807, 2.05) is 31.2 Å². The summed E-state index contributed by atoms with van der Waals surface area (Å²) in [5.41, 5.74) is 1.80. The lowest BCUT2D eigenvalue weighted by molar-refractivity contribution is -0.121. The quantitative estimate of drug-likeness (QED) is 0.873. The highest BCUT2D eigenvalue weighted by atomic mass is 16.2. The number of nitrogens with one attached hydrogen (secondary N) is 1. The molecule has 1 heterocycles. The van der Waals surface area contributed by atoms with Crippen LogP contribution < -0.4 is 10.2 Å². The Morgan fingerprint density at radius 1 is 1.09 bits per heavy atom. The van der Waals surface area contributed by atoms with Crippen molar-refractivity contribution in [3.05, 3.63) is 29.8 Å². The molecule has 0 spiro atoms. The van der Waals surface area contributed by atoms with Gasteiger partial charge >= 0.3 is 0 Å². The maximum absolute atomic E-state index is 12.6. The van der Waals surface area contributed by atoms with Crippen LogP contribution in [-0.2, 0) is 9.59 Å². The number of hydrogen-bond acceptors (Lipinski definition) is 3. The first-order chi connectivity index (χ1) is 10.6. The molecule has 1 aliphatic heterocycles. The van der Waals surface area contributed by atoms with Crippen molar-refractivity contribution in [2.75, 3.05) is 4.90 Å². The standard InChI is InChI=1S/C18H24N2O2/c1-12-7-9-14(10-8-12)20-17(21)11-16(18(20)22)19-15-6-4-3-5-13(15)2/h7-10,13,15-16,19H,3-6,11H2,1-2H3/t13-,15+,16+/m1/s1. The largest absolute Gasteiger partial charge is 0.302 e. The number of aryl methyl sites for hydroxylation is 1. The van der Waals surface area contributed by atoms with Gasteiger partial charge in [0, 0.05) is 6.04 Å². The van der Waals surface area contributed by atoms with Crippen molar-refractivity contribution in [1.29, 1.82) is 0 Å². The third-order valence-electron chi connectivity index (χ3n) is 4.97. The normalized spacial score (nSPS) is 29.2. The number of benzene rings is 1. The van der Waals surface area contributed by atoms with Gasteiger partial charge < -0.3 is 5.32 Å². The fourth-order valence-corrected chi connectivity index (χ4v) is 3.55. The van der Waals surface area contributed by atoms with E-state index >= 15 is 0 Å². The Kier molecular flexibility index (Phi) is 4.30. The summed E-state index contributed by atoms with van der Waals surface area (Å²) in [7, 11) is 0. The van der Waals surface area contributed by atoms with Crippen LogP contribution in [0.4, 0.5) is 5.69 Å². The van der Waals surface area contributed by atoms with Crippen LogP contribution in [-0.4, -0.2) is 23.9 Å². The first-order valence-electron chi connectivity index (χ1n) is 8.26. The van der Waals surface area contributed by atoms with Crippen LogP contribution in [0.1, 0.15) is 44.6 Å². The maximum Gasteiger partial charge on any atom is 0.251 e. The minimum absolute atomic E-state index is 0.102. The topological polar surface area (TPSA) is 49.4 Å². The van der Waals surface area contributed by atoms with Gasteiger partial charge in [0.05, 0.1) is 18.2 Å². The molecule has 2 fully saturated rings. The molecule has 2 aliphatic rings. The molecule has 1 aliphatic carbocycles. The fraction of sp³-hybridized carbons (Fsp3) is 0.556. The first kappa shape index (κ1) is 15.2. The van der Waals surface area contributed by atoms with Crippen LogP contribution in [0, 0.1) is 12.8 Å². The molecule has 118 valence electrons. The number of amides is 2. The molecular weight excluding hydrogens is 276 g/mol. The number of carbonyl (C=O) groups is 2. The highest BCUT2D eigenvalue weighted by Crippen LogP contribution is 2.27. The molecular formula is C18H24N2O2. The molecule has 0 aromatic heterocycles. The van der Waals surface area contributed by atoms with Gasteiger partial charge in [0.2, 0.25) is 5.91 Å². The molecule has 4 nitrogen and oxygen atoms in total. The number of rotatable bonds is 3. The minimum Gasteiger partial charge on any atom is -0.302 e. The summed E-state index contributed by atoms with van der Waals surface area (Å²) in [4.78, 5) is 26.2. The molecule has 2 amide bonds. The summed E-state index contributed by atoms with van der Waals surface area (Å²) in [6, 6.07) is 7.54. The van der Waals surface area contributed by atoms with Crippen molar-refractivity contribution in [2.45, 2.75) is 58.0 Å². The number of anilines is 1. The molecule has 1 aromatic rings. The fourth-order valence-electron chi connectivity index (χ4n) is 3.55. The molecule has 1 saturated heterocycles. The Morgan fingerprint density at radius 3 is 2.45 bits per heavy atom. The highest BCUT2D eigenvalue weighted by molar-refractivity contribution is 6.22. The van der Waals surface area contributed by atoms with Gasteiger partial charge in [0.25, 0.3) is 5.91 Å². The van der Waals surface area contributed by atoms with E-state index in [0.29, 0.717) is 17.6 Å². The van der Waals surface area contributed by atoms with Gasteiger partial charge in [-0.25, -0.2) is 4.90 Å². The third kappa shape index (κ3) is 2.93. The molecule has 1 saturated carbocycles. The average Bonchev–Trinajstić information content (AvgIpc) is 2.77. The number of imide groups is 1. The molecule has 4 heteroatoms. The molecule has 0 unspecified atom stereocenters. The molecule has 1 N–H and O–H groups in total. The lowest BCUT2D eigenvalue weighted by Gasteiger charge is -2.31. The van der Waals surface area contributed by atoms with Crippen molar-refractivity contribution in [2.24, 2.45) is 5.92 Å². The minimum atomic E-state index is -0.362. The van der Waals surface area contributed by atoms with E-state index in [2.05, 4.69) is 12.2 Å². The predicted octanol–water partition coefficient (Wildman–Crippen LogP) is 2.80. The van der Waals surface area contributed by atoms with Gasteiger partial charge in [-0.1, -0.05) is 37.5 Å². The van der Waals surface area contributed by atoms with Crippen LogP contribution in [0.15, 0.2) is 24.3 Å². The smallest absolute Gasteiger partial charge is 0.251 e. The maximum atomic E-state index is 12.6. The van der Waals surface area contributed by atoms with Crippen molar-refractivity contribution in [3.63, 3.8) is 0 Å². The zero-order chi connectivity index (χ0) is 15.7. The van der Waals surface area contributed by atoms with Crippen molar-refractivity contribution >= 4 is 17.5 Å². The lowest BCUT2D eigenvalue weighted by atomic mass is 9.85. The summed E-state index contributed by atoms with van der Waals surface area (Å²) >= 11 is 0. The number of carbonyl (C=O) groups excluding carboxylic acids is 2. The van der Waals surface area contributed by atoms with E-state index in [-0.39, 0.29) is 24.3 Å². The first-order valence-corrected chi connectivity index (χ1v) is 8.26. The monoisotopic (exact) mass is 300 g/mol. The van der Waals surface area contributed by atoms with Gasteiger partial charge in [-0.05, 0) is 37.8 Å². The van der Waals surface area contributed by atoms with E-state index in [1.54, 1.807) is 0 Å². The molecule has 22 heavy (non-hydrogen) atoms. The summed E-state index contributed by atoms with van der Waals surface area (Å²) in [6.07, 6.45) is 5.05. The Labute approximate surface area is 131 Å². The van der Waals surface area contributed by atoms with E-state index in [4.69, 9.17) is 0 Å². The van der Waals surface area contributed by atoms with Gasteiger partial charge in [0.1, 0.15) is 0 Å². The van der Waals surface area contributed by atoms with Gasteiger partial charge in [-0.3, -0.25) is 9.59 Å². The van der Waals surface area contributed by atoms with Crippen LogP contribution in [0.3, 0.4) is 0 Å². The summed E-state index contributed by atoms with van der Waals surface area (Å²) in [5.74, 6) is 0.367. The van der Waals surface area contributed by atoms with Gasteiger partial charge in [-0.2, -0.15) is 0 Å². The molecule has 3 atom stereocenters. The van der Waals surface area contributed by atoms with Gasteiger partial charge in [0.15, 0.2) is 0 Å². The number of hydrogen-bond donors (Lipinski definition) is 1. The molecule has 1 aromatic carbocycles. The van der Waals surface area contributed by atoms with Crippen molar-refractivity contribution in [3.8, 4) is 0 Å². The SMILES string of the molecule is Cc1ccc(N2C(=O)C[C@H](N[C@H]3CCCC[C@H]3C)C2=O)cc1. The van der Waals surface area contributed by atoms with Crippen LogP contribution in [0.2, 0.25) is 0 Å². The Balaban J connectivity index is 1.72. The summed E-state index contributed by atoms with van der Waals surface area (Å²) < 4.78 is 0. The second-order valence-electron chi connectivity index (χ2n) is 6.69. The van der Waals surface area contributed by atoms with Crippen molar-refractivity contribution < 1.29 is 9.59 Å². The van der Waals surface area contributed by atoms with Crippen LogP contribution in [0.5, 0.6) is 0 Å². The van der Waals surface area contributed by atoms with E-state index in [0.717, 1.165) is 12.0 Å². The van der Waals surface area contributed by atoms with Gasteiger partial charge in [-0.15, -0.1) is 0 Å². The zero-order valence-corrected chi connectivity index (χ0v) is 13.3.